The maximum absolute atomic E-state index is 12.1. The number of hydrogen-bond acceptors (Lipinski definition) is 2. The zero-order valence-electron chi connectivity index (χ0n) is 12.1. The fourth-order valence-electron chi connectivity index (χ4n) is 2.41. The van der Waals surface area contributed by atoms with Gasteiger partial charge < -0.3 is 15.3 Å². The van der Waals surface area contributed by atoms with Crippen LogP contribution < -0.4 is 11.0 Å². The average molecular weight is 295 g/mol. The van der Waals surface area contributed by atoms with Gasteiger partial charge in [0.05, 0.1) is 11.0 Å². The second-order valence-electron chi connectivity index (χ2n) is 5.18. The van der Waals surface area contributed by atoms with Crippen LogP contribution in [0.5, 0.6) is 0 Å². The predicted octanol–water partition coefficient (Wildman–Crippen LogP) is 2.22. The molecule has 0 saturated carbocycles. The zero-order valence-corrected chi connectivity index (χ0v) is 12.1. The number of carbonyl (C=O) groups is 1. The summed E-state index contributed by atoms with van der Waals surface area (Å²) in [6.07, 6.45) is 1.82. The Balaban J connectivity index is 1.55. The van der Waals surface area contributed by atoms with Crippen molar-refractivity contribution in [3.05, 3.63) is 70.1 Å². The minimum absolute atomic E-state index is 0.128. The van der Waals surface area contributed by atoms with Crippen LogP contribution in [0.4, 0.5) is 0 Å². The third-order valence-electron chi connectivity index (χ3n) is 3.55. The molecule has 3 N–H and O–H groups in total. The summed E-state index contributed by atoms with van der Waals surface area (Å²) in [5.41, 5.74) is 2.88. The van der Waals surface area contributed by atoms with Gasteiger partial charge in [-0.1, -0.05) is 30.3 Å². The Labute approximate surface area is 127 Å². The number of fused-ring (bicyclic) bond motifs is 1. The van der Waals surface area contributed by atoms with Crippen molar-refractivity contribution < 1.29 is 4.79 Å². The number of aromatic amines is 2. The number of aryl methyl sites for hydroxylation is 1. The molecule has 1 aromatic heterocycles. The Morgan fingerprint density at radius 1 is 1.00 bits per heavy atom. The molecule has 0 radical (unpaired) electrons. The molecule has 3 rings (SSSR count). The summed E-state index contributed by atoms with van der Waals surface area (Å²) in [6, 6.07) is 15.3. The van der Waals surface area contributed by atoms with Crippen LogP contribution in [-0.2, 0) is 6.42 Å². The normalized spacial score (nSPS) is 10.7. The third kappa shape index (κ3) is 3.25. The topological polar surface area (TPSA) is 77.8 Å². The number of amides is 1. The summed E-state index contributed by atoms with van der Waals surface area (Å²) >= 11 is 0. The molecule has 0 aliphatic heterocycles. The van der Waals surface area contributed by atoms with Crippen LogP contribution >= 0.6 is 0 Å². The Morgan fingerprint density at radius 3 is 2.59 bits per heavy atom. The van der Waals surface area contributed by atoms with E-state index in [0.29, 0.717) is 23.1 Å². The summed E-state index contributed by atoms with van der Waals surface area (Å²) in [5, 5.41) is 2.90. The SMILES string of the molecule is O=C(NCCCc1ccccc1)c1ccc2[nH]c(=O)[nH]c2c1. The number of carbonyl (C=O) groups excluding carboxylic acids is 1. The number of H-pyrrole nitrogens is 2. The zero-order chi connectivity index (χ0) is 15.4. The molecule has 0 aliphatic carbocycles. The lowest BCUT2D eigenvalue weighted by Gasteiger charge is -2.05. The van der Waals surface area contributed by atoms with Crippen molar-refractivity contribution in [3.63, 3.8) is 0 Å². The average Bonchev–Trinajstić information content (AvgIpc) is 2.91. The highest BCUT2D eigenvalue weighted by atomic mass is 16.2. The Bertz CT molecular complexity index is 834. The summed E-state index contributed by atoms with van der Waals surface area (Å²) in [6.45, 7) is 0.620. The van der Waals surface area contributed by atoms with Crippen LogP contribution in [0, 0.1) is 0 Å². The van der Waals surface area contributed by atoms with E-state index in [0.717, 1.165) is 12.8 Å². The molecule has 1 amide bonds. The van der Waals surface area contributed by atoms with Crippen molar-refractivity contribution in [2.45, 2.75) is 12.8 Å². The first-order valence-electron chi connectivity index (χ1n) is 7.26. The standard InChI is InChI=1S/C17H17N3O2/c21-16(18-10-4-7-12-5-2-1-3-6-12)13-8-9-14-15(11-13)20-17(22)19-14/h1-3,5-6,8-9,11H,4,7,10H2,(H,18,21)(H2,19,20,22). The van der Waals surface area contributed by atoms with Gasteiger partial charge in [-0.15, -0.1) is 0 Å². The number of rotatable bonds is 5. The Hall–Kier alpha value is -2.82. The first kappa shape index (κ1) is 14.1. The molecular weight excluding hydrogens is 278 g/mol. The minimum atomic E-state index is -0.268. The van der Waals surface area contributed by atoms with Gasteiger partial charge in [-0.25, -0.2) is 4.79 Å². The molecule has 112 valence electrons. The first-order chi connectivity index (χ1) is 10.7. The highest BCUT2D eigenvalue weighted by molar-refractivity contribution is 5.97. The third-order valence-corrected chi connectivity index (χ3v) is 3.55. The van der Waals surface area contributed by atoms with Crippen molar-refractivity contribution in [1.82, 2.24) is 15.3 Å². The molecule has 22 heavy (non-hydrogen) atoms. The molecule has 0 saturated heterocycles. The summed E-state index contributed by atoms with van der Waals surface area (Å²) < 4.78 is 0. The molecule has 0 unspecified atom stereocenters. The van der Waals surface area contributed by atoms with Gasteiger partial charge in [-0.2, -0.15) is 0 Å². The number of imidazole rings is 1. The largest absolute Gasteiger partial charge is 0.352 e. The predicted molar refractivity (Wildman–Crippen MR) is 86.0 cm³/mol. The highest BCUT2D eigenvalue weighted by Crippen LogP contribution is 2.10. The molecule has 5 nitrogen and oxygen atoms in total. The molecule has 2 aromatic carbocycles. The number of nitrogens with one attached hydrogen (secondary N) is 3. The van der Waals surface area contributed by atoms with Gasteiger partial charge in [-0.05, 0) is 36.6 Å². The lowest BCUT2D eigenvalue weighted by molar-refractivity contribution is 0.0953. The molecule has 5 heteroatoms. The van der Waals surface area contributed by atoms with Crippen LogP contribution in [0.2, 0.25) is 0 Å². The van der Waals surface area contributed by atoms with Crippen LogP contribution in [0.15, 0.2) is 53.3 Å². The van der Waals surface area contributed by atoms with E-state index in [9.17, 15) is 9.59 Å². The fourth-order valence-corrected chi connectivity index (χ4v) is 2.41. The van der Waals surface area contributed by atoms with E-state index in [-0.39, 0.29) is 11.6 Å². The van der Waals surface area contributed by atoms with E-state index in [4.69, 9.17) is 0 Å². The molecule has 0 bridgehead atoms. The van der Waals surface area contributed by atoms with Crippen molar-refractivity contribution >= 4 is 16.9 Å². The van der Waals surface area contributed by atoms with E-state index < -0.39 is 0 Å². The maximum atomic E-state index is 12.1. The first-order valence-corrected chi connectivity index (χ1v) is 7.26. The van der Waals surface area contributed by atoms with E-state index >= 15 is 0 Å². The van der Waals surface area contributed by atoms with Crippen molar-refractivity contribution in [2.75, 3.05) is 6.54 Å². The Kier molecular flexibility index (Phi) is 4.05. The summed E-state index contributed by atoms with van der Waals surface area (Å²) in [4.78, 5) is 28.6. The van der Waals surface area contributed by atoms with Gasteiger partial charge in [0.2, 0.25) is 0 Å². The quantitative estimate of drug-likeness (QED) is 0.631. The van der Waals surface area contributed by atoms with Crippen LogP contribution in [-0.4, -0.2) is 22.4 Å². The van der Waals surface area contributed by atoms with Gasteiger partial charge >= 0.3 is 5.69 Å². The van der Waals surface area contributed by atoms with Crippen LogP contribution in [0.25, 0.3) is 11.0 Å². The van der Waals surface area contributed by atoms with Gasteiger partial charge in [0, 0.05) is 12.1 Å². The van der Waals surface area contributed by atoms with Crippen LogP contribution in [0.1, 0.15) is 22.3 Å². The molecule has 0 aliphatic rings. The molecule has 0 fully saturated rings. The molecular formula is C17H17N3O2. The Morgan fingerprint density at radius 2 is 1.77 bits per heavy atom. The lowest BCUT2D eigenvalue weighted by Crippen LogP contribution is -2.24. The van der Waals surface area contributed by atoms with Gasteiger partial charge in [0.15, 0.2) is 0 Å². The smallest absolute Gasteiger partial charge is 0.323 e. The van der Waals surface area contributed by atoms with Gasteiger partial charge in [0.1, 0.15) is 0 Å². The minimum Gasteiger partial charge on any atom is -0.352 e. The van der Waals surface area contributed by atoms with E-state index in [1.54, 1.807) is 18.2 Å². The van der Waals surface area contributed by atoms with Crippen molar-refractivity contribution in [1.29, 1.82) is 0 Å². The van der Waals surface area contributed by atoms with Gasteiger partial charge in [0.25, 0.3) is 5.91 Å². The maximum Gasteiger partial charge on any atom is 0.323 e. The molecule has 0 spiro atoms. The number of benzene rings is 2. The van der Waals surface area contributed by atoms with E-state index in [1.165, 1.54) is 5.56 Å². The van der Waals surface area contributed by atoms with Gasteiger partial charge in [-0.3, -0.25) is 4.79 Å². The second-order valence-corrected chi connectivity index (χ2v) is 5.18. The highest BCUT2D eigenvalue weighted by Gasteiger charge is 2.07. The monoisotopic (exact) mass is 295 g/mol. The van der Waals surface area contributed by atoms with E-state index in [1.807, 2.05) is 18.2 Å². The van der Waals surface area contributed by atoms with Crippen molar-refractivity contribution in [3.8, 4) is 0 Å². The molecule has 3 aromatic rings. The summed E-state index contributed by atoms with van der Waals surface area (Å²) in [5.74, 6) is -0.128. The molecule has 1 heterocycles. The van der Waals surface area contributed by atoms with E-state index in [2.05, 4.69) is 27.4 Å². The van der Waals surface area contributed by atoms with Crippen molar-refractivity contribution in [2.24, 2.45) is 0 Å². The van der Waals surface area contributed by atoms with Crippen LogP contribution in [0.3, 0.4) is 0 Å². The number of hydrogen-bond donors (Lipinski definition) is 3. The second kappa shape index (κ2) is 6.30. The number of aromatic nitrogens is 2. The lowest BCUT2D eigenvalue weighted by atomic mass is 10.1. The summed E-state index contributed by atoms with van der Waals surface area (Å²) in [7, 11) is 0. The molecule has 0 atom stereocenters. The fraction of sp³-hybridized carbons (Fsp3) is 0.176.